The normalized spacial score (nSPS) is 11.2. The summed E-state index contributed by atoms with van der Waals surface area (Å²) in [5, 5.41) is 3.42. The van der Waals surface area contributed by atoms with E-state index in [0.29, 0.717) is 6.61 Å². The molecule has 0 heterocycles. The smallest absolute Gasteiger partial charge is 0.0717 e. The van der Waals surface area contributed by atoms with Gasteiger partial charge in [-0.25, -0.2) is 0 Å². The van der Waals surface area contributed by atoms with Crippen LogP contribution in [0.4, 0.5) is 0 Å². The molecule has 3 heteroatoms. The van der Waals surface area contributed by atoms with Crippen LogP contribution >= 0.6 is 0 Å². The zero-order chi connectivity index (χ0) is 13.9. The molecule has 0 saturated carbocycles. The number of hydrogen-bond donors (Lipinski definition) is 1. The molecular formula is C16H28N2O. The van der Waals surface area contributed by atoms with Gasteiger partial charge in [0, 0.05) is 6.54 Å². The molecule has 1 aromatic rings. The van der Waals surface area contributed by atoms with E-state index in [1.807, 2.05) is 0 Å². The molecule has 1 aromatic carbocycles. The van der Waals surface area contributed by atoms with Crippen LogP contribution in [0.15, 0.2) is 24.3 Å². The Hall–Kier alpha value is -0.900. The van der Waals surface area contributed by atoms with Crippen LogP contribution in [0.5, 0.6) is 0 Å². The van der Waals surface area contributed by atoms with Crippen molar-refractivity contribution >= 4 is 0 Å². The molecule has 3 nitrogen and oxygen atoms in total. The highest BCUT2D eigenvalue weighted by Crippen LogP contribution is 2.06. The molecule has 1 N–H and O–H groups in total. The van der Waals surface area contributed by atoms with E-state index in [2.05, 4.69) is 55.5 Å². The number of hydrogen-bond acceptors (Lipinski definition) is 3. The summed E-state index contributed by atoms with van der Waals surface area (Å²) in [6.07, 6.45) is 2.30. The van der Waals surface area contributed by atoms with Crippen LogP contribution in [0, 0.1) is 0 Å². The highest BCUT2D eigenvalue weighted by Gasteiger charge is 1.96. The van der Waals surface area contributed by atoms with Gasteiger partial charge in [-0.2, -0.15) is 0 Å². The molecule has 0 radical (unpaired) electrons. The molecule has 19 heavy (non-hydrogen) atoms. The molecule has 108 valence electrons. The fraction of sp³-hybridized carbons (Fsp3) is 0.625. The van der Waals surface area contributed by atoms with Gasteiger partial charge in [0.15, 0.2) is 0 Å². The first-order chi connectivity index (χ1) is 9.22. The first-order valence-electron chi connectivity index (χ1n) is 7.23. The summed E-state index contributed by atoms with van der Waals surface area (Å²) in [6.45, 7) is 6.83. The van der Waals surface area contributed by atoms with Crippen molar-refractivity contribution in [3.63, 3.8) is 0 Å². The first kappa shape index (κ1) is 16.2. The minimum Gasteiger partial charge on any atom is -0.375 e. The molecule has 0 atom stereocenters. The van der Waals surface area contributed by atoms with E-state index >= 15 is 0 Å². The molecule has 0 aromatic heterocycles. The van der Waals surface area contributed by atoms with Crippen LogP contribution in [-0.4, -0.2) is 45.2 Å². The Bertz CT molecular complexity index is 322. The maximum absolute atomic E-state index is 5.63. The van der Waals surface area contributed by atoms with Gasteiger partial charge in [0.2, 0.25) is 0 Å². The van der Waals surface area contributed by atoms with Gasteiger partial charge < -0.3 is 15.0 Å². The van der Waals surface area contributed by atoms with Gasteiger partial charge in [0.05, 0.1) is 13.2 Å². The highest BCUT2D eigenvalue weighted by atomic mass is 16.5. The van der Waals surface area contributed by atoms with Gasteiger partial charge in [-0.1, -0.05) is 31.2 Å². The van der Waals surface area contributed by atoms with Crippen molar-refractivity contribution in [3.05, 3.63) is 35.4 Å². The second-order valence-corrected chi connectivity index (χ2v) is 5.17. The zero-order valence-corrected chi connectivity index (χ0v) is 12.6. The lowest BCUT2D eigenvalue weighted by Crippen LogP contribution is -2.18. The number of likely N-dealkylation sites (N-methyl/N-ethyl adjacent to an activating group) is 1. The Morgan fingerprint density at radius 3 is 2.37 bits per heavy atom. The molecule has 0 amide bonds. The third kappa shape index (κ3) is 7.98. The second kappa shape index (κ2) is 9.96. The molecule has 0 aliphatic heterocycles. The summed E-state index contributed by atoms with van der Waals surface area (Å²) in [4.78, 5) is 2.13. The molecule has 0 fully saturated rings. The standard InChI is InChI=1S/C16H28N2O/c1-4-10-17-11-9-15-5-7-16(8-6-15)14-19-13-12-18(2)3/h5-8,17H,4,9-14H2,1-3H3. The van der Waals surface area contributed by atoms with Crippen LogP contribution in [0.25, 0.3) is 0 Å². The third-order valence-corrected chi connectivity index (χ3v) is 2.99. The van der Waals surface area contributed by atoms with E-state index in [1.165, 1.54) is 17.5 Å². The molecule has 0 aliphatic rings. The fourth-order valence-corrected chi connectivity index (χ4v) is 1.77. The Balaban J connectivity index is 2.19. The Morgan fingerprint density at radius 2 is 1.74 bits per heavy atom. The van der Waals surface area contributed by atoms with Crippen molar-refractivity contribution < 1.29 is 4.74 Å². The second-order valence-electron chi connectivity index (χ2n) is 5.17. The maximum atomic E-state index is 5.63. The van der Waals surface area contributed by atoms with E-state index < -0.39 is 0 Å². The topological polar surface area (TPSA) is 24.5 Å². The van der Waals surface area contributed by atoms with E-state index in [-0.39, 0.29) is 0 Å². The number of ether oxygens (including phenoxy) is 1. The highest BCUT2D eigenvalue weighted by molar-refractivity contribution is 5.22. The lowest BCUT2D eigenvalue weighted by molar-refractivity contribution is 0.105. The number of nitrogens with zero attached hydrogens (tertiary/aromatic N) is 1. The number of nitrogens with one attached hydrogen (secondary N) is 1. The molecular weight excluding hydrogens is 236 g/mol. The van der Waals surface area contributed by atoms with Crippen molar-refractivity contribution in [1.82, 2.24) is 10.2 Å². The Labute approximate surface area is 118 Å². The molecule has 0 spiro atoms. The maximum Gasteiger partial charge on any atom is 0.0717 e. The van der Waals surface area contributed by atoms with Gasteiger partial charge in [-0.05, 0) is 51.2 Å². The van der Waals surface area contributed by atoms with Crippen molar-refractivity contribution in [2.75, 3.05) is 40.3 Å². The van der Waals surface area contributed by atoms with Gasteiger partial charge in [0.25, 0.3) is 0 Å². The third-order valence-electron chi connectivity index (χ3n) is 2.99. The monoisotopic (exact) mass is 264 g/mol. The van der Waals surface area contributed by atoms with Crippen molar-refractivity contribution in [3.8, 4) is 0 Å². The van der Waals surface area contributed by atoms with Crippen LogP contribution < -0.4 is 5.32 Å². The summed E-state index contributed by atoms with van der Waals surface area (Å²) < 4.78 is 5.63. The largest absolute Gasteiger partial charge is 0.375 e. The summed E-state index contributed by atoms with van der Waals surface area (Å²) in [7, 11) is 4.12. The van der Waals surface area contributed by atoms with Crippen molar-refractivity contribution in [1.29, 1.82) is 0 Å². The van der Waals surface area contributed by atoms with Crippen LogP contribution in [0.1, 0.15) is 24.5 Å². The quantitative estimate of drug-likeness (QED) is 0.656. The van der Waals surface area contributed by atoms with Gasteiger partial charge >= 0.3 is 0 Å². The lowest BCUT2D eigenvalue weighted by atomic mass is 10.1. The number of rotatable bonds is 10. The van der Waals surface area contributed by atoms with E-state index in [0.717, 1.165) is 32.7 Å². The van der Waals surface area contributed by atoms with Crippen molar-refractivity contribution in [2.24, 2.45) is 0 Å². The average Bonchev–Trinajstić information content (AvgIpc) is 2.41. The van der Waals surface area contributed by atoms with Gasteiger partial charge in [0.1, 0.15) is 0 Å². The van der Waals surface area contributed by atoms with E-state index in [1.54, 1.807) is 0 Å². The molecule has 0 aliphatic carbocycles. The van der Waals surface area contributed by atoms with Crippen LogP contribution in [-0.2, 0) is 17.8 Å². The summed E-state index contributed by atoms with van der Waals surface area (Å²) >= 11 is 0. The lowest BCUT2D eigenvalue weighted by Gasteiger charge is -2.10. The Kier molecular flexibility index (Phi) is 8.47. The summed E-state index contributed by atoms with van der Waals surface area (Å²) in [6, 6.07) is 8.76. The van der Waals surface area contributed by atoms with Crippen LogP contribution in [0.2, 0.25) is 0 Å². The average molecular weight is 264 g/mol. The molecule has 0 saturated heterocycles. The minimum absolute atomic E-state index is 0.711. The molecule has 1 rings (SSSR count). The minimum atomic E-state index is 0.711. The summed E-state index contributed by atoms with van der Waals surface area (Å²) in [5.74, 6) is 0. The van der Waals surface area contributed by atoms with Crippen molar-refractivity contribution in [2.45, 2.75) is 26.4 Å². The predicted molar refractivity (Wildman–Crippen MR) is 81.5 cm³/mol. The zero-order valence-electron chi connectivity index (χ0n) is 12.6. The Morgan fingerprint density at radius 1 is 1.05 bits per heavy atom. The van der Waals surface area contributed by atoms with Crippen LogP contribution in [0.3, 0.4) is 0 Å². The fourth-order valence-electron chi connectivity index (χ4n) is 1.77. The first-order valence-corrected chi connectivity index (χ1v) is 7.23. The number of benzene rings is 1. The summed E-state index contributed by atoms with van der Waals surface area (Å²) in [5.41, 5.74) is 2.64. The molecule has 0 bridgehead atoms. The van der Waals surface area contributed by atoms with E-state index in [4.69, 9.17) is 4.74 Å². The van der Waals surface area contributed by atoms with E-state index in [9.17, 15) is 0 Å². The predicted octanol–water partition coefficient (Wildman–Crippen LogP) is 2.31. The van der Waals surface area contributed by atoms with Gasteiger partial charge in [-0.15, -0.1) is 0 Å². The molecule has 0 unspecified atom stereocenters. The SMILES string of the molecule is CCCNCCc1ccc(COCCN(C)C)cc1. The van der Waals surface area contributed by atoms with Gasteiger partial charge in [-0.3, -0.25) is 0 Å².